The van der Waals surface area contributed by atoms with Crippen LogP contribution in [0.3, 0.4) is 0 Å². The van der Waals surface area contributed by atoms with Crippen LogP contribution in [0.1, 0.15) is 29.2 Å². The van der Waals surface area contributed by atoms with Gasteiger partial charge in [0.1, 0.15) is 5.75 Å². The molecule has 1 aliphatic heterocycles. The lowest BCUT2D eigenvalue weighted by Gasteiger charge is -2.35. The molecular formula is C23H30N2O3. The summed E-state index contributed by atoms with van der Waals surface area (Å²) >= 11 is 0. The summed E-state index contributed by atoms with van der Waals surface area (Å²) in [6.45, 7) is 5.97. The third kappa shape index (κ3) is 5.81. The van der Waals surface area contributed by atoms with E-state index in [4.69, 9.17) is 9.47 Å². The average molecular weight is 383 g/mol. The monoisotopic (exact) mass is 382 g/mol. The Hall–Kier alpha value is -2.37. The minimum Gasteiger partial charge on any atom is -0.497 e. The van der Waals surface area contributed by atoms with Gasteiger partial charge in [0, 0.05) is 26.1 Å². The lowest BCUT2D eigenvalue weighted by atomic mass is 10.0. The number of aryl methyl sites for hydroxylation is 2. The number of carbonyl (C=O) groups is 1. The van der Waals surface area contributed by atoms with Crippen molar-refractivity contribution >= 4 is 5.91 Å². The molecule has 0 aliphatic carbocycles. The van der Waals surface area contributed by atoms with Crippen molar-refractivity contribution in [3.05, 3.63) is 65.2 Å². The molecule has 1 N–H and O–H groups in total. The Balaban J connectivity index is 1.55. The van der Waals surface area contributed by atoms with Gasteiger partial charge < -0.3 is 14.8 Å². The molecular weight excluding hydrogens is 352 g/mol. The Morgan fingerprint density at radius 3 is 2.43 bits per heavy atom. The molecule has 1 saturated heterocycles. The van der Waals surface area contributed by atoms with Gasteiger partial charge in [0.25, 0.3) is 0 Å². The molecule has 1 aliphatic rings. The highest BCUT2D eigenvalue weighted by atomic mass is 16.5. The largest absolute Gasteiger partial charge is 0.497 e. The molecule has 3 rings (SSSR count). The van der Waals surface area contributed by atoms with E-state index in [9.17, 15) is 4.79 Å². The summed E-state index contributed by atoms with van der Waals surface area (Å²) in [6.07, 6.45) is 1.21. The topological polar surface area (TPSA) is 50.8 Å². The third-order valence-corrected chi connectivity index (χ3v) is 5.24. The number of nitrogens with one attached hydrogen (secondary N) is 1. The molecule has 28 heavy (non-hydrogen) atoms. The van der Waals surface area contributed by atoms with Crippen molar-refractivity contribution in [3.8, 4) is 5.75 Å². The second kappa shape index (κ2) is 10.2. The van der Waals surface area contributed by atoms with Gasteiger partial charge in [0.15, 0.2) is 0 Å². The van der Waals surface area contributed by atoms with E-state index in [0.717, 1.165) is 44.0 Å². The molecule has 0 bridgehead atoms. The Labute approximate surface area is 167 Å². The summed E-state index contributed by atoms with van der Waals surface area (Å²) in [4.78, 5) is 14.8. The van der Waals surface area contributed by atoms with Crippen LogP contribution in [0.25, 0.3) is 0 Å². The minimum absolute atomic E-state index is 0.0844. The van der Waals surface area contributed by atoms with Gasteiger partial charge >= 0.3 is 0 Å². The number of rotatable bonds is 8. The van der Waals surface area contributed by atoms with Gasteiger partial charge in [-0.1, -0.05) is 42.0 Å². The van der Waals surface area contributed by atoms with Crippen molar-refractivity contribution in [3.63, 3.8) is 0 Å². The van der Waals surface area contributed by atoms with Crippen LogP contribution in [0.15, 0.2) is 48.5 Å². The van der Waals surface area contributed by atoms with Crippen molar-refractivity contribution in [2.75, 3.05) is 40.0 Å². The summed E-state index contributed by atoms with van der Waals surface area (Å²) in [5.74, 6) is 0.917. The maximum absolute atomic E-state index is 12.4. The Kier molecular flexibility index (Phi) is 7.46. The average Bonchev–Trinajstić information content (AvgIpc) is 2.75. The Bertz CT molecular complexity index is 737. The van der Waals surface area contributed by atoms with E-state index in [2.05, 4.69) is 41.4 Å². The van der Waals surface area contributed by atoms with Crippen LogP contribution in [0.2, 0.25) is 0 Å². The van der Waals surface area contributed by atoms with E-state index in [1.165, 1.54) is 11.1 Å². The first-order valence-electron chi connectivity index (χ1n) is 9.93. The number of methoxy groups -OCH3 is 1. The highest BCUT2D eigenvalue weighted by Gasteiger charge is 2.23. The number of hydrogen-bond acceptors (Lipinski definition) is 4. The summed E-state index contributed by atoms with van der Waals surface area (Å²) in [5.41, 5.74) is 3.62. The van der Waals surface area contributed by atoms with Gasteiger partial charge in [-0.2, -0.15) is 0 Å². The Morgan fingerprint density at radius 1 is 1.11 bits per heavy atom. The minimum atomic E-state index is 0.0844. The van der Waals surface area contributed by atoms with Crippen LogP contribution in [0.4, 0.5) is 0 Å². The lowest BCUT2D eigenvalue weighted by molar-refractivity contribution is -0.121. The molecule has 5 nitrogen and oxygen atoms in total. The molecule has 150 valence electrons. The highest BCUT2D eigenvalue weighted by Crippen LogP contribution is 2.22. The second-order valence-electron chi connectivity index (χ2n) is 7.23. The summed E-state index contributed by atoms with van der Waals surface area (Å²) < 4.78 is 10.7. The van der Waals surface area contributed by atoms with E-state index >= 15 is 0 Å². The smallest absolute Gasteiger partial charge is 0.220 e. The van der Waals surface area contributed by atoms with Crippen LogP contribution in [-0.4, -0.2) is 50.8 Å². The van der Waals surface area contributed by atoms with Crippen molar-refractivity contribution < 1.29 is 14.3 Å². The number of carbonyl (C=O) groups excluding carboxylic acids is 1. The van der Waals surface area contributed by atoms with Crippen LogP contribution >= 0.6 is 0 Å². The molecule has 1 amide bonds. The van der Waals surface area contributed by atoms with Crippen LogP contribution in [0.5, 0.6) is 5.75 Å². The van der Waals surface area contributed by atoms with Crippen molar-refractivity contribution in [2.24, 2.45) is 0 Å². The SMILES string of the molecule is COc1ccc(CCC(=O)NC[C@H](c2ccc(C)cc2)N2CCOCC2)cc1. The lowest BCUT2D eigenvalue weighted by Crippen LogP contribution is -2.43. The number of nitrogens with zero attached hydrogens (tertiary/aromatic N) is 1. The van der Waals surface area contributed by atoms with Crippen molar-refractivity contribution in [2.45, 2.75) is 25.8 Å². The first-order valence-corrected chi connectivity index (χ1v) is 9.93. The van der Waals surface area contributed by atoms with Crippen LogP contribution < -0.4 is 10.1 Å². The molecule has 2 aromatic carbocycles. The molecule has 0 radical (unpaired) electrons. The van der Waals surface area contributed by atoms with Gasteiger partial charge in [-0.3, -0.25) is 9.69 Å². The van der Waals surface area contributed by atoms with Crippen LogP contribution in [-0.2, 0) is 16.0 Å². The number of benzene rings is 2. The van der Waals surface area contributed by atoms with E-state index < -0.39 is 0 Å². The standard InChI is InChI=1S/C23H30N2O3/c1-18-3-8-20(9-4-18)22(25-13-15-28-16-14-25)17-24-23(26)12-7-19-5-10-21(27-2)11-6-19/h3-6,8-11,22H,7,12-17H2,1-2H3,(H,24,26)/t22-/m1/s1. The van der Waals surface area contributed by atoms with Crippen molar-refractivity contribution in [1.82, 2.24) is 10.2 Å². The zero-order chi connectivity index (χ0) is 19.8. The van der Waals surface area contributed by atoms with E-state index in [1.54, 1.807) is 7.11 Å². The van der Waals surface area contributed by atoms with E-state index in [0.29, 0.717) is 13.0 Å². The van der Waals surface area contributed by atoms with Gasteiger partial charge in [0.05, 0.1) is 26.4 Å². The molecule has 5 heteroatoms. The highest BCUT2D eigenvalue weighted by molar-refractivity contribution is 5.76. The van der Waals surface area contributed by atoms with Gasteiger partial charge in [0.2, 0.25) is 5.91 Å². The molecule has 2 aromatic rings. The molecule has 1 heterocycles. The fourth-order valence-electron chi connectivity index (χ4n) is 3.48. The normalized spacial score (nSPS) is 15.8. The molecule has 1 atom stereocenters. The van der Waals surface area contributed by atoms with Crippen molar-refractivity contribution in [1.29, 1.82) is 0 Å². The van der Waals surface area contributed by atoms with Crippen LogP contribution in [0, 0.1) is 6.92 Å². The number of hydrogen-bond donors (Lipinski definition) is 1. The molecule has 1 fully saturated rings. The van der Waals surface area contributed by atoms with Gasteiger partial charge in [-0.25, -0.2) is 0 Å². The first kappa shape index (κ1) is 20.4. The summed E-state index contributed by atoms with van der Waals surface area (Å²) in [6, 6.07) is 16.7. The number of morpholine rings is 1. The van der Waals surface area contributed by atoms with Gasteiger partial charge in [-0.15, -0.1) is 0 Å². The third-order valence-electron chi connectivity index (χ3n) is 5.24. The van der Waals surface area contributed by atoms with Gasteiger partial charge in [-0.05, 0) is 36.6 Å². The number of ether oxygens (including phenoxy) is 2. The maximum atomic E-state index is 12.4. The zero-order valence-electron chi connectivity index (χ0n) is 16.8. The molecule has 0 unspecified atom stereocenters. The summed E-state index contributed by atoms with van der Waals surface area (Å²) in [7, 11) is 1.65. The zero-order valence-corrected chi connectivity index (χ0v) is 16.8. The predicted octanol–water partition coefficient (Wildman–Crippen LogP) is 3.13. The fraction of sp³-hybridized carbons (Fsp3) is 0.435. The molecule has 0 aromatic heterocycles. The first-order chi connectivity index (χ1) is 13.7. The fourth-order valence-corrected chi connectivity index (χ4v) is 3.48. The second-order valence-corrected chi connectivity index (χ2v) is 7.23. The quantitative estimate of drug-likeness (QED) is 0.762. The molecule has 0 spiro atoms. The molecule has 0 saturated carbocycles. The predicted molar refractivity (Wildman–Crippen MR) is 111 cm³/mol. The van der Waals surface area contributed by atoms with E-state index in [1.807, 2.05) is 24.3 Å². The van der Waals surface area contributed by atoms with E-state index in [-0.39, 0.29) is 11.9 Å². The maximum Gasteiger partial charge on any atom is 0.220 e. The number of amides is 1. The summed E-state index contributed by atoms with van der Waals surface area (Å²) in [5, 5.41) is 3.14. The Morgan fingerprint density at radius 2 is 1.79 bits per heavy atom.